The van der Waals surface area contributed by atoms with Crippen LogP contribution in [0.2, 0.25) is 0 Å². The average molecular weight is 655 g/mol. The van der Waals surface area contributed by atoms with E-state index in [0.717, 1.165) is 65.4 Å². The molecule has 0 saturated carbocycles. The van der Waals surface area contributed by atoms with Gasteiger partial charge in [0.15, 0.2) is 0 Å². The van der Waals surface area contributed by atoms with Crippen LogP contribution in [0, 0.1) is 0 Å². The van der Waals surface area contributed by atoms with Crippen molar-refractivity contribution in [3.8, 4) is 33.4 Å². The minimum atomic E-state index is -0.430. The SMILES string of the molecule is [2H]c1c([2H])c([2H])c2c(-c3ccc4cccc(-c5cccc6oc7c8ccccc8ccc7c56)c4c3)c3c([2H])c([2H])c([2H])c([2H])c3c(-c3ccc4ccccc4c3)c2c1[2H]. The third-order valence-corrected chi connectivity index (χ3v) is 10.3. The van der Waals surface area contributed by atoms with Crippen molar-refractivity contribution in [2.75, 3.05) is 0 Å². The highest BCUT2D eigenvalue weighted by Gasteiger charge is 2.19. The molecule has 0 aliphatic heterocycles. The molecule has 1 nitrogen and oxygen atoms in total. The van der Waals surface area contributed by atoms with Crippen LogP contribution in [-0.2, 0) is 0 Å². The summed E-state index contributed by atoms with van der Waals surface area (Å²) in [6, 6.07) is 40.8. The Kier molecular flexibility index (Phi) is 4.57. The number of hydrogen-bond acceptors (Lipinski definition) is 1. The molecule has 0 radical (unpaired) electrons. The second-order valence-corrected chi connectivity index (χ2v) is 13.0. The van der Waals surface area contributed by atoms with Crippen molar-refractivity contribution >= 4 is 75.8 Å². The van der Waals surface area contributed by atoms with E-state index in [2.05, 4.69) is 36.4 Å². The summed E-state index contributed by atoms with van der Waals surface area (Å²) >= 11 is 0. The smallest absolute Gasteiger partial charge is 0.143 e. The zero-order valence-electron chi connectivity index (χ0n) is 35.1. The average Bonchev–Trinajstić information content (AvgIpc) is 3.67. The third-order valence-electron chi connectivity index (χ3n) is 10.3. The summed E-state index contributed by atoms with van der Waals surface area (Å²) in [6.07, 6.45) is 0. The molecule has 0 spiro atoms. The van der Waals surface area contributed by atoms with Gasteiger partial charge in [-0.1, -0.05) is 158 Å². The fourth-order valence-corrected chi connectivity index (χ4v) is 7.99. The molecule has 1 heteroatoms. The second-order valence-electron chi connectivity index (χ2n) is 13.0. The molecule has 0 saturated heterocycles. The molecular weight excluding hydrogens is 617 g/mol. The summed E-state index contributed by atoms with van der Waals surface area (Å²) in [4.78, 5) is 0. The molecule has 0 unspecified atom stereocenters. The van der Waals surface area contributed by atoms with Crippen molar-refractivity contribution in [2.45, 2.75) is 0 Å². The van der Waals surface area contributed by atoms with Crippen molar-refractivity contribution in [3.05, 3.63) is 182 Å². The van der Waals surface area contributed by atoms with Gasteiger partial charge in [0.25, 0.3) is 0 Å². The topological polar surface area (TPSA) is 13.1 Å². The Morgan fingerprint density at radius 1 is 0.373 bits per heavy atom. The van der Waals surface area contributed by atoms with E-state index in [4.69, 9.17) is 9.90 Å². The molecule has 0 aliphatic carbocycles. The van der Waals surface area contributed by atoms with E-state index in [0.29, 0.717) is 22.3 Å². The fourth-order valence-electron chi connectivity index (χ4n) is 7.99. The first-order valence-corrected chi connectivity index (χ1v) is 16.9. The third kappa shape index (κ3) is 4.22. The normalized spacial score (nSPS) is 14.1. The van der Waals surface area contributed by atoms with Crippen molar-refractivity contribution in [3.63, 3.8) is 0 Å². The zero-order chi connectivity index (χ0) is 40.4. The van der Waals surface area contributed by atoms with Crippen molar-refractivity contribution in [2.24, 2.45) is 0 Å². The van der Waals surface area contributed by atoms with Gasteiger partial charge in [0, 0.05) is 16.2 Å². The van der Waals surface area contributed by atoms with Gasteiger partial charge in [0.2, 0.25) is 0 Å². The van der Waals surface area contributed by atoms with E-state index in [9.17, 15) is 5.48 Å². The van der Waals surface area contributed by atoms with Crippen LogP contribution in [0.25, 0.3) is 109 Å². The Bertz CT molecular complexity index is 3580. The highest BCUT2D eigenvalue weighted by Crippen LogP contribution is 2.46. The van der Waals surface area contributed by atoms with Gasteiger partial charge in [0.05, 0.1) is 11.0 Å². The maximum atomic E-state index is 9.45. The maximum Gasteiger partial charge on any atom is 0.143 e. The van der Waals surface area contributed by atoms with Gasteiger partial charge < -0.3 is 4.42 Å². The Hall–Kier alpha value is -6.70. The largest absolute Gasteiger partial charge is 0.455 e. The standard InChI is InChI=1S/C50H30O/c1-2-13-34-29-35(25-23-31(34)11-1)47-40-16-5-7-18-42(40)48(43-19-8-6-17-41(43)47)36-26-24-33-14-9-20-38(45(33)30-36)39-21-10-22-46-49(39)44-28-27-32-12-3-4-15-37(32)50(44)51-46/h1-30H/i5D,6D,7D,8D,16D,17D,18D,19D. The molecule has 51 heavy (non-hydrogen) atoms. The van der Waals surface area contributed by atoms with E-state index >= 15 is 0 Å². The molecule has 11 aromatic rings. The molecule has 1 aromatic heterocycles. The first-order valence-electron chi connectivity index (χ1n) is 20.9. The van der Waals surface area contributed by atoms with Gasteiger partial charge in [0.1, 0.15) is 11.2 Å². The Labute approximate surface area is 305 Å². The lowest BCUT2D eigenvalue weighted by atomic mass is 9.84. The van der Waals surface area contributed by atoms with Gasteiger partial charge in [-0.2, -0.15) is 0 Å². The van der Waals surface area contributed by atoms with Crippen molar-refractivity contribution < 1.29 is 15.4 Å². The lowest BCUT2D eigenvalue weighted by Crippen LogP contribution is -1.91. The number of benzene rings is 10. The molecule has 1 heterocycles. The van der Waals surface area contributed by atoms with E-state index in [-0.39, 0.29) is 45.7 Å². The number of fused-ring (bicyclic) bond motifs is 9. The van der Waals surface area contributed by atoms with Gasteiger partial charge in [-0.05, 0) is 106 Å². The summed E-state index contributed by atoms with van der Waals surface area (Å²) in [7, 11) is 0. The van der Waals surface area contributed by atoms with Crippen LogP contribution in [-0.4, -0.2) is 0 Å². The first-order chi connectivity index (χ1) is 28.6. The summed E-state index contributed by atoms with van der Waals surface area (Å²) in [5, 5.41) is 8.42. The molecule has 0 aliphatic rings. The zero-order valence-corrected chi connectivity index (χ0v) is 27.1. The van der Waals surface area contributed by atoms with Crippen LogP contribution in [0.5, 0.6) is 0 Å². The monoisotopic (exact) mass is 654 g/mol. The second kappa shape index (κ2) is 10.9. The van der Waals surface area contributed by atoms with Crippen LogP contribution in [0.1, 0.15) is 11.0 Å². The molecule has 11 rings (SSSR count). The van der Waals surface area contributed by atoms with Gasteiger partial charge in [-0.15, -0.1) is 0 Å². The van der Waals surface area contributed by atoms with E-state index in [1.165, 1.54) is 0 Å². The lowest BCUT2D eigenvalue weighted by Gasteiger charge is -2.19. The highest BCUT2D eigenvalue weighted by atomic mass is 16.3. The van der Waals surface area contributed by atoms with Crippen LogP contribution < -0.4 is 0 Å². The van der Waals surface area contributed by atoms with Crippen LogP contribution in [0.4, 0.5) is 0 Å². The fraction of sp³-hybridized carbons (Fsp3) is 0. The number of furan rings is 1. The van der Waals surface area contributed by atoms with Gasteiger partial charge in [-0.3, -0.25) is 0 Å². The van der Waals surface area contributed by atoms with Crippen LogP contribution in [0.3, 0.4) is 0 Å². The number of rotatable bonds is 3. The predicted molar refractivity (Wildman–Crippen MR) is 218 cm³/mol. The van der Waals surface area contributed by atoms with Crippen molar-refractivity contribution in [1.29, 1.82) is 0 Å². The minimum Gasteiger partial charge on any atom is -0.455 e. The quantitative estimate of drug-likeness (QED) is 0.173. The molecule has 0 atom stereocenters. The lowest BCUT2D eigenvalue weighted by molar-refractivity contribution is 0.673. The Morgan fingerprint density at radius 3 is 1.67 bits per heavy atom. The van der Waals surface area contributed by atoms with E-state index < -0.39 is 24.2 Å². The number of hydrogen-bond donors (Lipinski definition) is 0. The molecule has 0 fully saturated rings. The predicted octanol–water partition coefficient (Wildman–Crippen LogP) is 14.4. The Morgan fingerprint density at radius 2 is 0.922 bits per heavy atom. The minimum absolute atomic E-state index is 0.184. The van der Waals surface area contributed by atoms with Crippen LogP contribution in [0.15, 0.2) is 186 Å². The molecular formula is C50H30O. The van der Waals surface area contributed by atoms with Crippen LogP contribution >= 0.6 is 0 Å². The summed E-state index contributed by atoms with van der Waals surface area (Å²) < 4.78 is 79.7. The maximum absolute atomic E-state index is 9.45. The molecule has 10 aromatic carbocycles. The van der Waals surface area contributed by atoms with Gasteiger partial charge in [-0.25, -0.2) is 0 Å². The van der Waals surface area contributed by atoms with E-state index in [1.807, 2.05) is 97.1 Å². The molecule has 236 valence electrons. The Balaban J connectivity index is 1.28. The molecule has 0 N–H and O–H groups in total. The molecule has 0 bridgehead atoms. The summed E-state index contributed by atoms with van der Waals surface area (Å²) in [6.45, 7) is 0. The van der Waals surface area contributed by atoms with Gasteiger partial charge >= 0.3 is 0 Å². The highest BCUT2D eigenvalue weighted by molar-refractivity contribution is 6.23. The van der Waals surface area contributed by atoms with E-state index in [1.54, 1.807) is 0 Å². The summed E-state index contributed by atoms with van der Waals surface area (Å²) in [5.74, 6) is 0. The summed E-state index contributed by atoms with van der Waals surface area (Å²) in [5.41, 5.74) is 5.18. The molecule has 0 amide bonds. The van der Waals surface area contributed by atoms with Crippen molar-refractivity contribution in [1.82, 2.24) is 0 Å². The first kappa shape index (κ1) is 21.4.